The van der Waals surface area contributed by atoms with Gasteiger partial charge in [-0.25, -0.2) is 13.8 Å². The zero-order valence-corrected chi connectivity index (χ0v) is 9.68. The number of halogens is 2. The van der Waals surface area contributed by atoms with Crippen LogP contribution in [-0.4, -0.2) is 4.98 Å². The van der Waals surface area contributed by atoms with E-state index in [1.54, 1.807) is 12.3 Å². The lowest BCUT2D eigenvalue weighted by molar-refractivity contribution is 0.565. The molecule has 2 nitrogen and oxygen atoms in total. The molecular weight excluding hydrogens is 242 g/mol. The van der Waals surface area contributed by atoms with E-state index >= 15 is 0 Å². The van der Waals surface area contributed by atoms with Gasteiger partial charge in [0.25, 0.3) is 0 Å². The molecule has 1 aromatic heterocycles. The van der Waals surface area contributed by atoms with Gasteiger partial charge in [0.2, 0.25) is 0 Å². The maximum atomic E-state index is 13.3. The number of hydrogen-bond acceptors (Lipinski definition) is 3. The van der Waals surface area contributed by atoms with E-state index < -0.39 is 11.6 Å². The molecule has 0 spiro atoms. The van der Waals surface area contributed by atoms with Crippen LogP contribution in [-0.2, 0) is 5.75 Å². The first-order valence-corrected chi connectivity index (χ1v) is 5.92. The second-order valence-corrected chi connectivity index (χ2v) is 4.43. The molecule has 0 radical (unpaired) electrons. The fourth-order valence-corrected chi connectivity index (χ4v) is 2.24. The molecule has 0 aliphatic carbocycles. The third-order valence-corrected chi connectivity index (χ3v) is 3.30. The number of aromatic nitrogens is 1. The smallest absolute Gasteiger partial charge is 0.139 e. The Kier molecular flexibility index (Phi) is 3.58. The molecule has 0 saturated carbocycles. The van der Waals surface area contributed by atoms with Gasteiger partial charge in [0.05, 0.1) is 0 Å². The van der Waals surface area contributed by atoms with Crippen molar-refractivity contribution in [3.05, 3.63) is 53.7 Å². The zero-order valence-electron chi connectivity index (χ0n) is 8.86. The monoisotopic (exact) mass is 252 g/mol. The first-order valence-electron chi connectivity index (χ1n) is 4.94. The lowest BCUT2D eigenvalue weighted by Crippen LogP contribution is -1.95. The summed E-state index contributed by atoms with van der Waals surface area (Å²) in [6.45, 7) is 0. The Balaban J connectivity index is 2.10. The molecule has 88 valence electrons. The average molecular weight is 252 g/mol. The van der Waals surface area contributed by atoms with Gasteiger partial charge in [-0.1, -0.05) is 6.07 Å². The number of hydrogen-bond donors (Lipinski definition) is 1. The SMILES string of the molecule is Nc1ncccc1CSc1ccc(F)cc1F. The molecule has 0 amide bonds. The maximum absolute atomic E-state index is 13.3. The Labute approximate surface area is 102 Å². The fraction of sp³-hybridized carbons (Fsp3) is 0.0833. The minimum Gasteiger partial charge on any atom is -0.383 e. The van der Waals surface area contributed by atoms with Crippen molar-refractivity contribution in [3.63, 3.8) is 0 Å². The number of benzene rings is 1. The van der Waals surface area contributed by atoms with Crippen LogP contribution in [0.4, 0.5) is 14.6 Å². The highest BCUT2D eigenvalue weighted by Gasteiger charge is 2.06. The molecule has 1 heterocycles. The molecule has 0 aliphatic rings. The second kappa shape index (κ2) is 5.14. The first-order chi connectivity index (χ1) is 8.16. The summed E-state index contributed by atoms with van der Waals surface area (Å²) in [5.41, 5.74) is 6.50. The second-order valence-electron chi connectivity index (χ2n) is 3.41. The summed E-state index contributed by atoms with van der Waals surface area (Å²) in [7, 11) is 0. The topological polar surface area (TPSA) is 38.9 Å². The summed E-state index contributed by atoms with van der Waals surface area (Å²) in [6, 6.07) is 7.12. The summed E-state index contributed by atoms with van der Waals surface area (Å²) < 4.78 is 26.0. The summed E-state index contributed by atoms with van der Waals surface area (Å²) in [6.07, 6.45) is 1.60. The Hall–Kier alpha value is -1.62. The molecule has 2 aromatic rings. The average Bonchev–Trinajstić information content (AvgIpc) is 2.30. The number of pyridine rings is 1. The zero-order chi connectivity index (χ0) is 12.3. The molecule has 0 atom stereocenters. The van der Waals surface area contributed by atoms with Crippen molar-refractivity contribution in [3.8, 4) is 0 Å². The van der Waals surface area contributed by atoms with E-state index in [0.29, 0.717) is 16.5 Å². The number of rotatable bonds is 3. The number of anilines is 1. The lowest BCUT2D eigenvalue weighted by atomic mass is 10.3. The van der Waals surface area contributed by atoms with Crippen molar-refractivity contribution >= 4 is 17.6 Å². The van der Waals surface area contributed by atoms with Gasteiger partial charge in [-0.2, -0.15) is 0 Å². The summed E-state index contributed by atoms with van der Waals surface area (Å²) in [4.78, 5) is 4.34. The third kappa shape index (κ3) is 2.94. The van der Waals surface area contributed by atoms with Crippen LogP contribution in [0.15, 0.2) is 41.4 Å². The normalized spacial score (nSPS) is 10.5. The molecule has 0 unspecified atom stereocenters. The quantitative estimate of drug-likeness (QED) is 0.852. The molecule has 0 saturated heterocycles. The minimum atomic E-state index is -0.576. The van der Waals surface area contributed by atoms with Gasteiger partial charge >= 0.3 is 0 Å². The van der Waals surface area contributed by atoms with Crippen molar-refractivity contribution in [1.29, 1.82) is 0 Å². The van der Waals surface area contributed by atoms with Crippen LogP contribution in [0.5, 0.6) is 0 Å². The fourth-order valence-electron chi connectivity index (χ4n) is 1.32. The predicted molar refractivity (Wildman–Crippen MR) is 64.6 cm³/mol. The van der Waals surface area contributed by atoms with Gasteiger partial charge < -0.3 is 5.73 Å². The van der Waals surface area contributed by atoms with E-state index in [9.17, 15) is 8.78 Å². The van der Waals surface area contributed by atoms with Crippen molar-refractivity contribution < 1.29 is 8.78 Å². The third-order valence-electron chi connectivity index (χ3n) is 2.20. The van der Waals surface area contributed by atoms with Gasteiger partial charge in [-0.15, -0.1) is 11.8 Å². The van der Waals surface area contributed by atoms with E-state index in [-0.39, 0.29) is 0 Å². The van der Waals surface area contributed by atoms with Crippen LogP contribution < -0.4 is 5.73 Å². The van der Waals surface area contributed by atoms with Crippen molar-refractivity contribution in [1.82, 2.24) is 4.98 Å². The predicted octanol–water partition coefficient (Wildman–Crippen LogP) is 3.23. The Bertz CT molecular complexity index is 532. The number of nitrogens with zero attached hydrogens (tertiary/aromatic N) is 1. The van der Waals surface area contributed by atoms with Gasteiger partial charge in [-0.05, 0) is 18.2 Å². The molecule has 0 bridgehead atoms. The highest BCUT2D eigenvalue weighted by molar-refractivity contribution is 7.98. The van der Waals surface area contributed by atoms with E-state index in [2.05, 4.69) is 4.98 Å². The van der Waals surface area contributed by atoms with Crippen LogP contribution in [0.3, 0.4) is 0 Å². The molecule has 17 heavy (non-hydrogen) atoms. The van der Waals surface area contributed by atoms with Gasteiger partial charge in [-0.3, -0.25) is 0 Å². The molecule has 0 fully saturated rings. The number of thioether (sulfide) groups is 1. The van der Waals surface area contributed by atoms with Crippen LogP contribution in [0, 0.1) is 11.6 Å². The minimum absolute atomic E-state index is 0.398. The van der Waals surface area contributed by atoms with Crippen LogP contribution in [0.1, 0.15) is 5.56 Å². The van der Waals surface area contributed by atoms with Gasteiger partial charge in [0.1, 0.15) is 17.5 Å². The maximum Gasteiger partial charge on any atom is 0.139 e. The Morgan fingerprint density at radius 3 is 2.76 bits per heavy atom. The first kappa shape index (κ1) is 11.9. The van der Waals surface area contributed by atoms with E-state index in [0.717, 1.165) is 11.6 Å². The van der Waals surface area contributed by atoms with Gasteiger partial charge in [0.15, 0.2) is 0 Å². The van der Waals surface area contributed by atoms with Crippen molar-refractivity contribution in [2.24, 2.45) is 0 Å². The Morgan fingerprint density at radius 1 is 1.24 bits per heavy atom. The highest BCUT2D eigenvalue weighted by atomic mass is 32.2. The molecular formula is C12H10F2N2S. The lowest BCUT2D eigenvalue weighted by Gasteiger charge is -2.05. The molecule has 0 aliphatic heterocycles. The molecule has 2 N–H and O–H groups in total. The summed E-state index contributed by atoms with van der Waals surface area (Å²) in [5.74, 6) is -0.199. The van der Waals surface area contributed by atoms with Crippen molar-refractivity contribution in [2.45, 2.75) is 10.6 Å². The number of nitrogens with two attached hydrogens (primary N) is 1. The van der Waals surface area contributed by atoms with Crippen LogP contribution in [0.25, 0.3) is 0 Å². The van der Waals surface area contributed by atoms with E-state index in [1.165, 1.54) is 23.9 Å². The van der Waals surface area contributed by atoms with Crippen molar-refractivity contribution in [2.75, 3.05) is 5.73 Å². The van der Waals surface area contributed by atoms with Crippen LogP contribution in [0.2, 0.25) is 0 Å². The largest absolute Gasteiger partial charge is 0.383 e. The molecule has 2 rings (SSSR count). The number of nitrogen functional groups attached to an aromatic ring is 1. The summed E-state index contributed by atoms with van der Waals surface area (Å²) in [5, 5.41) is 0. The summed E-state index contributed by atoms with van der Waals surface area (Å²) >= 11 is 1.26. The standard InChI is InChI=1S/C12H10F2N2S/c13-9-3-4-11(10(14)6-9)17-7-8-2-1-5-16-12(8)15/h1-6H,7H2,(H2,15,16). The van der Waals surface area contributed by atoms with E-state index in [1.807, 2.05) is 6.07 Å². The Morgan fingerprint density at radius 2 is 2.06 bits per heavy atom. The molecule has 1 aromatic carbocycles. The molecule has 5 heteroatoms. The van der Waals surface area contributed by atoms with Gasteiger partial charge in [0, 0.05) is 28.5 Å². The highest BCUT2D eigenvalue weighted by Crippen LogP contribution is 2.27. The van der Waals surface area contributed by atoms with E-state index in [4.69, 9.17) is 5.73 Å². The van der Waals surface area contributed by atoms with Crippen LogP contribution >= 0.6 is 11.8 Å².